The van der Waals surface area contributed by atoms with E-state index in [1.54, 1.807) is 17.5 Å². The van der Waals surface area contributed by atoms with E-state index in [2.05, 4.69) is 5.32 Å². The number of anilines is 1. The summed E-state index contributed by atoms with van der Waals surface area (Å²) in [5.41, 5.74) is 0.235. The Morgan fingerprint density at radius 2 is 1.87 bits per heavy atom. The lowest BCUT2D eigenvalue weighted by molar-refractivity contribution is -0.254. The van der Waals surface area contributed by atoms with Gasteiger partial charge in [-0.2, -0.15) is 0 Å². The molecule has 0 aliphatic rings. The molecule has 0 spiro atoms. The fourth-order valence-corrected chi connectivity index (χ4v) is 3.85. The van der Waals surface area contributed by atoms with Gasteiger partial charge in [-0.1, -0.05) is 18.2 Å². The number of amides is 1. The Bertz CT molecular complexity index is 871. The highest BCUT2D eigenvalue weighted by Crippen LogP contribution is 2.37. The van der Waals surface area contributed by atoms with Crippen LogP contribution in [0.15, 0.2) is 47.2 Å². The van der Waals surface area contributed by atoms with Gasteiger partial charge in [0, 0.05) is 21.4 Å². The summed E-state index contributed by atoms with van der Waals surface area (Å²) >= 11 is 2.44. The van der Waals surface area contributed by atoms with Crippen LogP contribution in [-0.4, -0.2) is 11.9 Å². The minimum absolute atomic E-state index is 0.0952. The molecule has 0 bridgehead atoms. The first kappa shape index (κ1) is 15.4. The Morgan fingerprint density at radius 3 is 2.52 bits per heavy atom. The summed E-state index contributed by atoms with van der Waals surface area (Å²) in [6.45, 7) is 0. The number of benzene rings is 1. The smallest absolute Gasteiger partial charge is 0.259 e. The van der Waals surface area contributed by atoms with Crippen LogP contribution < -0.4 is 10.4 Å². The molecule has 1 amide bonds. The zero-order valence-corrected chi connectivity index (χ0v) is 13.2. The van der Waals surface area contributed by atoms with Gasteiger partial charge in [-0.25, -0.2) is 4.39 Å². The van der Waals surface area contributed by atoms with E-state index < -0.39 is 17.7 Å². The third kappa shape index (κ3) is 3.01. The van der Waals surface area contributed by atoms with Crippen molar-refractivity contribution in [1.29, 1.82) is 0 Å². The number of carboxylic acid groups (broad SMARTS) is 1. The second-order valence-electron chi connectivity index (χ2n) is 4.55. The van der Waals surface area contributed by atoms with Crippen molar-refractivity contribution >= 4 is 39.6 Å². The summed E-state index contributed by atoms with van der Waals surface area (Å²) < 4.78 is 13.6. The predicted octanol–water partition coefficient (Wildman–Crippen LogP) is 3.23. The number of halogens is 1. The maximum atomic E-state index is 13.6. The standard InChI is InChI=1S/C16H10FNO3S2/c17-11-5-2-1-4-9(11)14(19)18-15-13(16(20)21)10(8-23-15)12-6-3-7-22-12/h1-8H,(H,18,19)(H,20,21)/p-1. The highest BCUT2D eigenvalue weighted by molar-refractivity contribution is 7.17. The first-order valence-corrected chi connectivity index (χ1v) is 8.26. The minimum Gasteiger partial charge on any atom is -0.545 e. The van der Waals surface area contributed by atoms with E-state index in [-0.39, 0.29) is 16.1 Å². The molecule has 0 aliphatic carbocycles. The van der Waals surface area contributed by atoms with Gasteiger partial charge in [-0.3, -0.25) is 4.79 Å². The van der Waals surface area contributed by atoms with Gasteiger partial charge in [0.25, 0.3) is 5.91 Å². The molecule has 0 fully saturated rings. The predicted molar refractivity (Wildman–Crippen MR) is 86.3 cm³/mol. The van der Waals surface area contributed by atoms with E-state index in [0.29, 0.717) is 5.56 Å². The van der Waals surface area contributed by atoms with Crippen LogP contribution in [0.4, 0.5) is 9.39 Å². The van der Waals surface area contributed by atoms with E-state index in [1.165, 1.54) is 35.6 Å². The molecule has 0 unspecified atom stereocenters. The molecule has 23 heavy (non-hydrogen) atoms. The molecule has 0 radical (unpaired) electrons. The van der Waals surface area contributed by atoms with Crippen LogP contribution in [-0.2, 0) is 0 Å². The number of thiophene rings is 2. The quantitative estimate of drug-likeness (QED) is 0.788. The number of nitrogens with one attached hydrogen (secondary N) is 1. The maximum Gasteiger partial charge on any atom is 0.259 e. The third-order valence-electron chi connectivity index (χ3n) is 3.13. The molecule has 0 aliphatic heterocycles. The average molecular weight is 346 g/mol. The molecule has 1 aromatic carbocycles. The van der Waals surface area contributed by atoms with Crippen molar-refractivity contribution in [3.05, 3.63) is 64.1 Å². The first-order valence-electron chi connectivity index (χ1n) is 6.50. The molecule has 2 heterocycles. The number of carboxylic acids is 1. The van der Waals surface area contributed by atoms with Gasteiger partial charge in [-0.15, -0.1) is 22.7 Å². The van der Waals surface area contributed by atoms with Crippen LogP contribution >= 0.6 is 22.7 Å². The Morgan fingerprint density at radius 1 is 1.09 bits per heavy atom. The summed E-state index contributed by atoms with van der Waals surface area (Å²) in [6.07, 6.45) is 0. The van der Waals surface area contributed by atoms with E-state index in [4.69, 9.17) is 0 Å². The molecule has 4 nitrogen and oxygen atoms in total. The van der Waals surface area contributed by atoms with Gasteiger partial charge >= 0.3 is 0 Å². The normalized spacial score (nSPS) is 10.5. The van der Waals surface area contributed by atoms with Crippen molar-refractivity contribution in [1.82, 2.24) is 0 Å². The van der Waals surface area contributed by atoms with Crippen LogP contribution in [0.1, 0.15) is 20.7 Å². The Kier molecular flexibility index (Phi) is 4.22. The number of hydrogen-bond acceptors (Lipinski definition) is 5. The number of aromatic carboxylic acids is 1. The van der Waals surface area contributed by atoms with E-state index in [9.17, 15) is 19.1 Å². The summed E-state index contributed by atoms with van der Waals surface area (Å²) in [4.78, 5) is 24.4. The maximum absolute atomic E-state index is 13.6. The second-order valence-corrected chi connectivity index (χ2v) is 6.38. The number of rotatable bonds is 4. The lowest BCUT2D eigenvalue weighted by atomic mass is 10.1. The molecule has 3 aromatic rings. The van der Waals surface area contributed by atoms with Crippen LogP contribution in [0.25, 0.3) is 10.4 Å². The van der Waals surface area contributed by atoms with Crippen LogP contribution in [0.3, 0.4) is 0 Å². The highest BCUT2D eigenvalue weighted by Gasteiger charge is 2.19. The first-order chi connectivity index (χ1) is 11.1. The van der Waals surface area contributed by atoms with Crippen molar-refractivity contribution in [2.24, 2.45) is 0 Å². The van der Waals surface area contributed by atoms with Crippen LogP contribution in [0.2, 0.25) is 0 Å². The van der Waals surface area contributed by atoms with Gasteiger partial charge in [0.2, 0.25) is 0 Å². The summed E-state index contributed by atoms with van der Waals surface area (Å²) in [6, 6.07) is 9.08. The van der Waals surface area contributed by atoms with E-state index in [0.717, 1.165) is 16.2 Å². The van der Waals surface area contributed by atoms with Gasteiger partial charge in [-0.05, 0) is 23.6 Å². The average Bonchev–Trinajstić information content (AvgIpc) is 3.16. The zero-order valence-electron chi connectivity index (χ0n) is 11.5. The largest absolute Gasteiger partial charge is 0.545 e. The molecule has 0 saturated heterocycles. The Balaban J connectivity index is 1.97. The molecule has 7 heteroatoms. The van der Waals surface area contributed by atoms with Crippen molar-refractivity contribution in [3.8, 4) is 10.4 Å². The van der Waals surface area contributed by atoms with Gasteiger partial charge < -0.3 is 15.2 Å². The van der Waals surface area contributed by atoms with Crippen molar-refractivity contribution in [3.63, 3.8) is 0 Å². The van der Waals surface area contributed by atoms with Crippen LogP contribution in [0.5, 0.6) is 0 Å². The lowest BCUT2D eigenvalue weighted by Gasteiger charge is -2.09. The van der Waals surface area contributed by atoms with E-state index in [1.807, 2.05) is 5.38 Å². The van der Waals surface area contributed by atoms with Gasteiger partial charge in [0.15, 0.2) is 0 Å². The summed E-state index contributed by atoms with van der Waals surface area (Å²) in [7, 11) is 0. The Hall–Kier alpha value is -2.51. The molecular weight excluding hydrogens is 337 g/mol. The fourth-order valence-electron chi connectivity index (χ4n) is 2.08. The SMILES string of the molecule is O=C(Nc1scc(-c2cccs2)c1C(=O)[O-])c1ccccc1F. The Labute approximate surface area is 138 Å². The molecule has 3 rings (SSSR count). The van der Waals surface area contributed by atoms with Gasteiger partial charge in [0.1, 0.15) is 10.8 Å². The monoisotopic (exact) mass is 346 g/mol. The molecule has 0 atom stereocenters. The second kappa shape index (κ2) is 6.31. The number of carbonyl (C=O) groups excluding carboxylic acids is 2. The molecular formula is C16H9FNO3S2-. The number of carbonyl (C=O) groups is 2. The highest BCUT2D eigenvalue weighted by atomic mass is 32.1. The molecule has 116 valence electrons. The van der Waals surface area contributed by atoms with Crippen molar-refractivity contribution in [2.45, 2.75) is 0 Å². The number of hydrogen-bond donors (Lipinski definition) is 1. The molecule has 0 saturated carbocycles. The van der Waals surface area contributed by atoms with Crippen molar-refractivity contribution < 1.29 is 19.1 Å². The fraction of sp³-hybridized carbons (Fsp3) is 0. The lowest BCUT2D eigenvalue weighted by Crippen LogP contribution is -2.24. The van der Waals surface area contributed by atoms with Gasteiger partial charge in [0.05, 0.1) is 11.5 Å². The van der Waals surface area contributed by atoms with Crippen molar-refractivity contribution in [2.75, 3.05) is 5.32 Å². The summed E-state index contributed by atoms with van der Waals surface area (Å²) in [5, 5.41) is 17.5. The molecule has 1 N–H and O–H groups in total. The third-order valence-corrected chi connectivity index (χ3v) is 4.93. The van der Waals surface area contributed by atoms with E-state index >= 15 is 0 Å². The zero-order chi connectivity index (χ0) is 16.4. The summed E-state index contributed by atoms with van der Waals surface area (Å²) in [5.74, 6) is -2.77. The molecule has 2 aromatic heterocycles. The minimum atomic E-state index is -1.39. The van der Waals surface area contributed by atoms with Crippen LogP contribution in [0, 0.1) is 5.82 Å². The topological polar surface area (TPSA) is 69.2 Å².